The molecule has 0 aromatic carbocycles. The van der Waals surface area contributed by atoms with E-state index in [1.54, 1.807) is 6.20 Å². The van der Waals surface area contributed by atoms with Crippen molar-refractivity contribution in [3.05, 3.63) is 24.0 Å². The topological polar surface area (TPSA) is 68.5 Å². The number of piperidine rings is 1. The number of anilines is 1. The SMILES string of the molecule is COC(=O)C1CCCCN1c1ccnc(C(N)=S)c1. The Bertz CT molecular complexity index is 493. The van der Waals surface area contributed by atoms with Crippen LogP contribution in [-0.4, -0.2) is 35.6 Å². The zero-order chi connectivity index (χ0) is 13.8. The number of hydrogen-bond donors (Lipinski definition) is 1. The summed E-state index contributed by atoms with van der Waals surface area (Å²) in [6, 6.07) is 3.45. The molecule has 2 N–H and O–H groups in total. The number of carbonyl (C=O) groups is 1. The van der Waals surface area contributed by atoms with Gasteiger partial charge in [0.15, 0.2) is 0 Å². The Balaban J connectivity index is 2.29. The molecule has 1 saturated heterocycles. The van der Waals surface area contributed by atoms with Gasteiger partial charge < -0.3 is 15.4 Å². The summed E-state index contributed by atoms with van der Waals surface area (Å²) < 4.78 is 4.87. The molecule has 1 aromatic heterocycles. The van der Waals surface area contributed by atoms with Crippen molar-refractivity contribution in [3.8, 4) is 0 Å². The Hall–Kier alpha value is -1.69. The predicted molar refractivity (Wildman–Crippen MR) is 77.1 cm³/mol. The van der Waals surface area contributed by atoms with Crippen LogP contribution in [0.15, 0.2) is 18.3 Å². The van der Waals surface area contributed by atoms with E-state index in [4.69, 9.17) is 22.7 Å². The third-order valence-corrected chi connectivity index (χ3v) is 3.51. The summed E-state index contributed by atoms with van der Waals surface area (Å²) in [5, 5.41) is 0. The van der Waals surface area contributed by atoms with Gasteiger partial charge in [-0.05, 0) is 31.4 Å². The Morgan fingerprint density at radius 1 is 1.58 bits per heavy atom. The fourth-order valence-corrected chi connectivity index (χ4v) is 2.47. The van der Waals surface area contributed by atoms with Gasteiger partial charge in [-0.15, -0.1) is 0 Å². The largest absolute Gasteiger partial charge is 0.467 e. The molecule has 0 aliphatic carbocycles. The van der Waals surface area contributed by atoms with Gasteiger partial charge in [-0.1, -0.05) is 12.2 Å². The highest BCUT2D eigenvalue weighted by Crippen LogP contribution is 2.25. The van der Waals surface area contributed by atoms with E-state index in [-0.39, 0.29) is 17.0 Å². The van der Waals surface area contributed by atoms with Crippen LogP contribution in [0, 0.1) is 0 Å². The molecular formula is C13H17N3O2S. The first-order chi connectivity index (χ1) is 9.13. The lowest BCUT2D eigenvalue weighted by Crippen LogP contribution is -2.45. The lowest BCUT2D eigenvalue weighted by molar-refractivity contribution is -0.142. The lowest BCUT2D eigenvalue weighted by atomic mass is 10.0. The van der Waals surface area contributed by atoms with E-state index in [1.807, 2.05) is 17.0 Å². The zero-order valence-electron chi connectivity index (χ0n) is 10.8. The minimum atomic E-state index is -0.236. The molecule has 1 aliphatic heterocycles. The van der Waals surface area contributed by atoms with Gasteiger partial charge in [0.1, 0.15) is 11.0 Å². The van der Waals surface area contributed by atoms with Crippen LogP contribution >= 0.6 is 12.2 Å². The first-order valence-corrected chi connectivity index (χ1v) is 6.64. The average Bonchev–Trinajstić information content (AvgIpc) is 2.46. The van der Waals surface area contributed by atoms with E-state index in [2.05, 4.69) is 4.98 Å². The number of methoxy groups -OCH3 is 1. The van der Waals surface area contributed by atoms with Crippen LogP contribution in [0.25, 0.3) is 0 Å². The third-order valence-electron chi connectivity index (χ3n) is 3.30. The molecule has 1 aliphatic rings. The van der Waals surface area contributed by atoms with Crippen molar-refractivity contribution in [1.29, 1.82) is 0 Å². The summed E-state index contributed by atoms with van der Waals surface area (Å²) in [6.07, 6.45) is 4.55. The minimum Gasteiger partial charge on any atom is -0.467 e. The van der Waals surface area contributed by atoms with Crippen molar-refractivity contribution in [2.24, 2.45) is 5.73 Å². The second-order valence-electron chi connectivity index (χ2n) is 4.49. The van der Waals surface area contributed by atoms with E-state index in [1.165, 1.54) is 7.11 Å². The molecule has 2 rings (SSSR count). The molecule has 0 bridgehead atoms. The van der Waals surface area contributed by atoms with Crippen LogP contribution in [-0.2, 0) is 9.53 Å². The van der Waals surface area contributed by atoms with Gasteiger partial charge in [-0.25, -0.2) is 4.79 Å². The molecule has 19 heavy (non-hydrogen) atoms. The van der Waals surface area contributed by atoms with E-state index >= 15 is 0 Å². The molecule has 1 unspecified atom stereocenters. The second kappa shape index (κ2) is 5.97. The van der Waals surface area contributed by atoms with Gasteiger partial charge in [-0.2, -0.15) is 0 Å². The normalized spacial score (nSPS) is 19.0. The summed E-state index contributed by atoms with van der Waals surface area (Å²) in [5.74, 6) is -0.201. The van der Waals surface area contributed by atoms with E-state index in [9.17, 15) is 4.79 Å². The van der Waals surface area contributed by atoms with Crippen LogP contribution in [0.2, 0.25) is 0 Å². The van der Waals surface area contributed by atoms with Gasteiger partial charge >= 0.3 is 5.97 Å². The summed E-state index contributed by atoms with van der Waals surface area (Å²) in [7, 11) is 1.42. The number of nitrogens with zero attached hydrogens (tertiary/aromatic N) is 2. The molecule has 1 fully saturated rings. The number of esters is 1. The van der Waals surface area contributed by atoms with Gasteiger partial charge in [-0.3, -0.25) is 4.98 Å². The first kappa shape index (κ1) is 13.7. The maximum Gasteiger partial charge on any atom is 0.328 e. The second-order valence-corrected chi connectivity index (χ2v) is 4.93. The molecule has 1 aromatic rings. The van der Waals surface area contributed by atoms with E-state index in [0.717, 1.165) is 31.5 Å². The summed E-state index contributed by atoms with van der Waals surface area (Å²) in [4.78, 5) is 18.3. The number of carbonyl (C=O) groups excluding carboxylic acids is 1. The lowest BCUT2D eigenvalue weighted by Gasteiger charge is -2.35. The first-order valence-electron chi connectivity index (χ1n) is 6.24. The van der Waals surface area contributed by atoms with Crippen molar-refractivity contribution >= 4 is 28.9 Å². The van der Waals surface area contributed by atoms with Crippen molar-refractivity contribution in [2.75, 3.05) is 18.6 Å². The Morgan fingerprint density at radius 3 is 3.05 bits per heavy atom. The van der Waals surface area contributed by atoms with Crippen LogP contribution in [0.5, 0.6) is 0 Å². The number of aromatic nitrogens is 1. The minimum absolute atomic E-state index is 0.201. The Labute approximate surface area is 117 Å². The summed E-state index contributed by atoms with van der Waals surface area (Å²) in [5.41, 5.74) is 7.07. The van der Waals surface area contributed by atoms with Crippen molar-refractivity contribution in [3.63, 3.8) is 0 Å². The highest BCUT2D eigenvalue weighted by Gasteiger charge is 2.29. The van der Waals surface area contributed by atoms with Crippen molar-refractivity contribution in [2.45, 2.75) is 25.3 Å². The number of thiocarbonyl (C=S) groups is 1. The Kier molecular flexibility index (Phi) is 4.31. The van der Waals surface area contributed by atoms with Crippen molar-refractivity contribution < 1.29 is 9.53 Å². The molecule has 6 heteroatoms. The zero-order valence-corrected chi connectivity index (χ0v) is 11.7. The molecule has 0 amide bonds. The number of nitrogens with two attached hydrogens (primary N) is 1. The van der Waals surface area contributed by atoms with Gasteiger partial charge in [0, 0.05) is 18.4 Å². The van der Waals surface area contributed by atoms with Gasteiger partial charge in [0.25, 0.3) is 0 Å². The maximum atomic E-state index is 11.8. The number of pyridine rings is 1. The standard InChI is InChI=1S/C13H17N3O2S/c1-18-13(17)11-4-2-3-7-16(11)9-5-6-15-10(8-9)12(14)19/h5-6,8,11H,2-4,7H2,1H3,(H2,14,19). The van der Waals surface area contributed by atoms with Crippen LogP contribution in [0.3, 0.4) is 0 Å². The van der Waals surface area contributed by atoms with Crippen LogP contribution in [0.4, 0.5) is 5.69 Å². The van der Waals surface area contributed by atoms with Gasteiger partial charge in [0.2, 0.25) is 0 Å². The molecule has 0 saturated carbocycles. The quantitative estimate of drug-likeness (QED) is 0.663. The maximum absolute atomic E-state index is 11.8. The summed E-state index contributed by atoms with van der Waals surface area (Å²) >= 11 is 4.93. The molecule has 0 radical (unpaired) electrons. The third kappa shape index (κ3) is 3.01. The highest BCUT2D eigenvalue weighted by molar-refractivity contribution is 7.80. The molecule has 0 spiro atoms. The molecule has 1 atom stereocenters. The number of ether oxygens (including phenoxy) is 1. The van der Waals surface area contributed by atoms with Crippen molar-refractivity contribution in [1.82, 2.24) is 4.98 Å². The van der Waals surface area contributed by atoms with Crippen LogP contribution in [0.1, 0.15) is 25.0 Å². The smallest absolute Gasteiger partial charge is 0.328 e. The molecule has 2 heterocycles. The predicted octanol–water partition coefficient (Wildman–Crippen LogP) is 1.25. The fraction of sp³-hybridized carbons (Fsp3) is 0.462. The van der Waals surface area contributed by atoms with E-state index in [0.29, 0.717) is 5.69 Å². The molecule has 5 nitrogen and oxygen atoms in total. The fourth-order valence-electron chi connectivity index (χ4n) is 2.35. The number of rotatable bonds is 3. The average molecular weight is 279 g/mol. The monoisotopic (exact) mass is 279 g/mol. The van der Waals surface area contributed by atoms with Gasteiger partial charge in [0.05, 0.1) is 12.8 Å². The molecular weight excluding hydrogens is 262 g/mol. The van der Waals surface area contributed by atoms with Crippen LogP contribution < -0.4 is 10.6 Å². The number of hydrogen-bond acceptors (Lipinski definition) is 5. The summed E-state index contributed by atoms with van der Waals surface area (Å²) in [6.45, 7) is 0.820. The van der Waals surface area contributed by atoms with E-state index < -0.39 is 0 Å². The molecule has 102 valence electrons. The Morgan fingerprint density at radius 2 is 2.37 bits per heavy atom. The highest BCUT2D eigenvalue weighted by atomic mass is 32.1.